The summed E-state index contributed by atoms with van der Waals surface area (Å²) < 4.78 is 0. The standard InChI is InChI=1S/C27H40N2O/c1-4-7-20-29(21-8-5-2)27-17-13-25(14-18-27)10-9-24-11-15-26(16-12-24)28(19-6-3)22-23-30/h9-18,30H,4-8,19-23H2,1-3H3/b10-9+. The summed E-state index contributed by atoms with van der Waals surface area (Å²) in [6.45, 7) is 10.8. The van der Waals surface area contributed by atoms with Crippen LogP contribution >= 0.6 is 0 Å². The highest BCUT2D eigenvalue weighted by Crippen LogP contribution is 2.20. The van der Waals surface area contributed by atoms with Gasteiger partial charge in [0.25, 0.3) is 0 Å². The third kappa shape index (κ3) is 7.87. The largest absolute Gasteiger partial charge is 0.395 e. The zero-order chi connectivity index (χ0) is 21.6. The lowest BCUT2D eigenvalue weighted by molar-refractivity contribution is 0.302. The Morgan fingerprint density at radius 3 is 1.40 bits per heavy atom. The number of hydrogen-bond donors (Lipinski definition) is 1. The number of unbranched alkanes of at least 4 members (excludes halogenated alkanes) is 2. The fraction of sp³-hybridized carbons (Fsp3) is 0.481. The molecule has 0 amide bonds. The minimum atomic E-state index is 0.186. The molecule has 0 unspecified atom stereocenters. The van der Waals surface area contributed by atoms with Crippen molar-refractivity contribution in [3.8, 4) is 0 Å². The fourth-order valence-electron chi connectivity index (χ4n) is 3.61. The van der Waals surface area contributed by atoms with Gasteiger partial charge in [-0.05, 0) is 54.7 Å². The first-order valence-corrected chi connectivity index (χ1v) is 11.7. The Kier molecular flexibility index (Phi) is 11.1. The van der Waals surface area contributed by atoms with Gasteiger partial charge < -0.3 is 14.9 Å². The lowest BCUT2D eigenvalue weighted by Crippen LogP contribution is -2.27. The van der Waals surface area contributed by atoms with Gasteiger partial charge in [-0.15, -0.1) is 0 Å². The Hall–Kier alpha value is -2.26. The van der Waals surface area contributed by atoms with Crippen LogP contribution in [0.2, 0.25) is 0 Å². The highest BCUT2D eigenvalue weighted by molar-refractivity contribution is 5.71. The maximum absolute atomic E-state index is 9.27. The Morgan fingerprint density at radius 1 is 0.600 bits per heavy atom. The number of aliphatic hydroxyl groups excluding tert-OH is 1. The maximum Gasteiger partial charge on any atom is 0.0606 e. The molecule has 2 rings (SSSR count). The quantitative estimate of drug-likeness (QED) is 0.363. The minimum Gasteiger partial charge on any atom is -0.395 e. The van der Waals surface area contributed by atoms with Crippen LogP contribution in [0, 0.1) is 0 Å². The molecule has 0 fully saturated rings. The smallest absolute Gasteiger partial charge is 0.0606 e. The van der Waals surface area contributed by atoms with Crippen molar-refractivity contribution in [3.05, 3.63) is 59.7 Å². The van der Waals surface area contributed by atoms with Crippen molar-refractivity contribution in [1.29, 1.82) is 0 Å². The molecule has 0 spiro atoms. The molecule has 30 heavy (non-hydrogen) atoms. The van der Waals surface area contributed by atoms with Gasteiger partial charge in [0.1, 0.15) is 0 Å². The van der Waals surface area contributed by atoms with Crippen LogP contribution in [0.3, 0.4) is 0 Å². The van der Waals surface area contributed by atoms with Crippen molar-refractivity contribution in [2.24, 2.45) is 0 Å². The van der Waals surface area contributed by atoms with Crippen LogP contribution < -0.4 is 9.80 Å². The lowest BCUT2D eigenvalue weighted by Gasteiger charge is -2.24. The summed E-state index contributed by atoms with van der Waals surface area (Å²) >= 11 is 0. The van der Waals surface area contributed by atoms with E-state index in [0.717, 1.165) is 26.1 Å². The number of benzene rings is 2. The summed E-state index contributed by atoms with van der Waals surface area (Å²) in [6.07, 6.45) is 10.4. The number of anilines is 2. The molecule has 164 valence electrons. The predicted molar refractivity (Wildman–Crippen MR) is 133 cm³/mol. The summed E-state index contributed by atoms with van der Waals surface area (Å²) in [4.78, 5) is 4.75. The number of rotatable bonds is 14. The van der Waals surface area contributed by atoms with Crippen molar-refractivity contribution in [2.75, 3.05) is 42.6 Å². The minimum absolute atomic E-state index is 0.186. The van der Waals surface area contributed by atoms with Crippen LogP contribution in [0.25, 0.3) is 12.2 Å². The van der Waals surface area contributed by atoms with Crippen LogP contribution in [0.5, 0.6) is 0 Å². The van der Waals surface area contributed by atoms with Crippen LogP contribution in [-0.2, 0) is 0 Å². The van der Waals surface area contributed by atoms with Crippen LogP contribution in [0.15, 0.2) is 48.5 Å². The molecule has 0 atom stereocenters. The van der Waals surface area contributed by atoms with E-state index < -0.39 is 0 Å². The summed E-state index contributed by atoms with van der Waals surface area (Å²) in [5, 5.41) is 9.27. The van der Waals surface area contributed by atoms with E-state index in [1.807, 2.05) is 0 Å². The molecule has 0 bridgehead atoms. The Labute approximate surface area is 184 Å². The van der Waals surface area contributed by atoms with E-state index in [-0.39, 0.29) is 6.61 Å². The normalized spacial score (nSPS) is 11.2. The molecule has 0 radical (unpaired) electrons. The summed E-state index contributed by atoms with van der Waals surface area (Å²) in [5.41, 5.74) is 4.92. The van der Waals surface area contributed by atoms with Crippen molar-refractivity contribution in [2.45, 2.75) is 52.9 Å². The number of aliphatic hydroxyl groups is 1. The summed E-state index contributed by atoms with van der Waals surface area (Å²) in [7, 11) is 0. The highest BCUT2D eigenvalue weighted by atomic mass is 16.3. The second-order valence-corrected chi connectivity index (χ2v) is 7.92. The fourth-order valence-corrected chi connectivity index (χ4v) is 3.61. The second-order valence-electron chi connectivity index (χ2n) is 7.92. The molecular formula is C27H40N2O. The molecule has 0 saturated carbocycles. The van der Waals surface area contributed by atoms with Crippen LogP contribution in [0.1, 0.15) is 64.0 Å². The van der Waals surface area contributed by atoms with E-state index in [9.17, 15) is 5.11 Å². The van der Waals surface area contributed by atoms with Gasteiger partial charge in [0.05, 0.1) is 6.61 Å². The molecule has 2 aromatic carbocycles. The average molecular weight is 409 g/mol. The molecule has 0 heterocycles. The van der Waals surface area contributed by atoms with Gasteiger partial charge in [0, 0.05) is 37.6 Å². The van der Waals surface area contributed by atoms with E-state index in [4.69, 9.17) is 0 Å². The number of nitrogens with zero attached hydrogens (tertiary/aromatic N) is 2. The average Bonchev–Trinajstić information content (AvgIpc) is 2.78. The highest BCUT2D eigenvalue weighted by Gasteiger charge is 2.06. The van der Waals surface area contributed by atoms with Gasteiger partial charge >= 0.3 is 0 Å². The van der Waals surface area contributed by atoms with Crippen molar-refractivity contribution in [1.82, 2.24) is 0 Å². The summed E-state index contributed by atoms with van der Waals surface area (Å²) in [5.74, 6) is 0. The van der Waals surface area contributed by atoms with Gasteiger partial charge in [0.2, 0.25) is 0 Å². The SMILES string of the molecule is CCCCN(CCCC)c1ccc(/C=C/c2ccc(N(CCC)CCO)cc2)cc1. The second kappa shape index (κ2) is 13.9. The summed E-state index contributed by atoms with van der Waals surface area (Å²) in [6, 6.07) is 17.5. The zero-order valence-corrected chi connectivity index (χ0v) is 19.2. The number of hydrogen-bond acceptors (Lipinski definition) is 3. The zero-order valence-electron chi connectivity index (χ0n) is 19.2. The van der Waals surface area contributed by atoms with Gasteiger partial charge in [-0.3, -0.25) is 0 Å². The molecule has 0 aromatic heterocycles. The molecule has 0 aliphatic heterocycles. The van der Waals surface area contributed by atoms with Crippen LogP contribution in [0.4, 0.5) is 11.4 Å². The monoisotopic (exact) mass is 408 g/mol. The molecule has 1 N–H and O–H groups in total. The third-order valence-electron chi connectivity index (χ3n) is 5.41. The maximum atomic E-state index is 9.27. The van der Waals surface area contributed by atoms with Gasteiger partial charge in [-0.2, -0.15) is 0 Å². The van der Waals surface area contributed by atoms with E-state index in [1.165, 1.54) is 48.2 Å². The molecule has 0 aliphatic rings. The van der Waals surface area contributed by atoms with Gasteiger partial charge in [-0.25, -0.2) is 0 Å². The molecule has 0 saturated heterocycles. The van der Waals surface area contributed by atoms with Gasteiger partial charge in [0.15, 0.2) is 0 Å². The lowest BCUT2D eigenvalue weighted by atomic mass is 10.1. The first kappa shape index (κ1) is 24.0. The first-order valence-electron chi connectivity index (χ1n) is 11.7. The first-order chi connectivity index (χ1) is 14.7. The Morgan fingerprint density at radius 2 is 1.03 bits per heavy atom. The topological polar surface area (TPSA) is 26.7 Å². The Balaban J connectivity index is 2.01. The molecule has 3 heteroatoms. The van der Waals surface area contributed by atoms with E-state index in [0.29, 0.717) is 6.54 Å². The molecule has 2 aromatic rings. The van der Waals surface area contributed by atoms with E-state index >= 15 is 0 Å². The van der Waals surface area contributed by atoms with Crippen LogP contribution in [-0.4, -0.2) is 37.9 Å². The van der Waals surface area contributed by atoms with Crippen molar-refractivity contribution < 1.29 is 5.11 Å². The molecule has 0 aliphatic carbocycles. The molecular weight excluding hydrogens is 368 g/mol. The van der Waals surface area contributed by atoms with Crippen molar-refractivity contribution >= 4 is 23.5 Å². The van der Waals surface area contributed by atoms with E-state index in [2.05, 4.69) is 91.3 Å². The predicted octanol–water partition coefficient (Wildman–Crippen LogP) is 6.47. The van der Waals surface area contributed by atoms with Gasteiger partial charge in [-0.1, -0.05) is 70.0 Å². The van der Waals surface area contributed by atoms with E-state index in [1.54, 1.807) is 0 Å². The Bertz CT molecular complexity index is 708. The van der Waals surface area contributed by atoms with Crippen molar-refractivity contribution in [3.63, 3.8) is 0 Å². The molecule has 3 nitrogen and oxygen atoms in total. The third-order valence-corrected chi connectivity index (χ3v) is 5.41.